The van der Waals surface area contributed by atoms with E-state index in [2.05, 4.69) is 5.32 Å². The molecule has 0 saturated heterocycles. The van der Waals surface area contributed by atoms with Gasteiger partial charge in [0.25, 0.3) is 5.91 Å². The second-order valence-corrected chi connectivity index (χ2v) is 9.60. The first kappa shape index (κ1) is 23.1. The normalized spacial score (nSPS) is 16.4. The van der Waals surface area contributed by atoms with Crippen molar-refractivity contribution >= 4 is 34.2 Å². The number of anilines is 1. The number of nitrogens with one attached hydrogen (secondary N) is 1. The summed E-state index contributed by atoms with van der Waals surface area (Å²) in [6.07, 6.45) is 5.41. The van der Waals surface area contributed by atoms with Gasteiger partial charge < -0.3 is 10.2 Å². The van der Waals surface area contributed by atoms with Gasteiger partial charge in [0.05, 0.1) is 5.69 Å². The van der Waals surface area contributed by atoms with Gasteiger partial charge in [-0.15, -0.1) is 0 Å². The van der Waals surface area contributed by atoms with Gasteiger partial charge in [-0.05, 0) is 42.8 Å². The molecular weight excluding hydrogens is 438 g/mol. The van der Waals surface area contributed by atoms with Crippen molar-refractivity contribution in [3.8, 4) is 0 Å². The van der Waals surface area contributed by atoms with Crippen LogP contribution in [0.15, 0.2) is 66.7 Å². The second kappa shape index (κ2) is 9.90. The summed E-state index contributed by atoms with van der Waals surface area (Å²) < 4.78 is 0. The van der Waals surface area contributed by atoms with E-state index in [9.17, 15) is 14.4 Å². The maximum Gasteiger partial charge on any atom is 0.259 e. The minimum atomic E-state index is -0.652. The molecule has 0 aromatic heterocycles. The lowest BCUT2D eigenvalue weighted by Crippen LogP contribution is -2.52. The van der Waals surface area contributed by atoms with Crippen molar-refractivity contribution in [2.24, 2.45) is 0 Å². The minimum Gasteiger partial charge on any atom is -0.352 e. The lowest BCUT2D eigenvalue weighted by atomic mass is 9.95. The first-order valence-electron chi connectivity index (χ1n) is 12.5. The van der Waals surface area contributed by atoms with Gasteiger partial charge in [-0.1, -0.05) is 73.9 Å². The monoisotopic (exact) mass is 469 g/mol. The van der Waals surface area contributed by atoms with E-state index in [1.54, 1.807) is 22.8 Å². The van der Waals surface area contributed by atoms with Crippen LogP contribution in [0.2, 0.25) is 0 Å². The lowest BCUT2D eigenvalue weighted by molar-refractivity contribution is -0.139. The highest BCUT2D eigenvalue weighted by molar-refractivity contribution is 6.26. The van der Waals surface area contributed by atoms with Gasteiger partial charge in [0, 0.05) is 23.5 Å². The summed E-state index contributed by atoms with van der Waals surface area (Å²) >= 11 is 0. The van der Waals surface area contributed by atoms with Crippen molar-refractivity contribution in [3.05, 3.63) is 77.9 Å². The Balaban J connectivity index is 1.38. The van der Waals surface area contributed by atoms with Crippen LogP contribution in [-0.4, -0.2) is 41.2 Å². The van der Waals surface area contributed by atoms with Gasteiger partial charge in [0.1, 0.15) is 12.6 Å². The third kappa shape index (κ3) is 4.65. The molecular formula is C29H31N3O3. The number of benzene rings is 3. The summed E-state index contributed by atoms with van der Waals surface area (Å²) in [5.41, 5.74) is 2.30. The molecule has 6 heteroatoms. The average Bonchev–Trinajstić information content (AvgIpc) is 3.16. The molecule has 1 atom stereocenters. The topological polar surface area (TPSA) is 69.7 Å². The fourth-order valence-electron chi connectivity index (χ4n) is 5.29. The number of amides is 3. The zero-order valence-corrected chi connectivity index (χ0v) is 20.1. The summed E-state index contributed by atoms with van der Waals surface area (Å²) in [4.78, 5) is 43.3. The minimum absolute atomic E-state index is 0.111. The van der Waals surface area contributed by atoms with E-state index >= 15 is 0 Å². The van der Waals surface area contributed by atoms with Crippen LogP contribution in [0.25, 0.3) is 10.8 Å². The molecule has 180 valence electrons. The molecule has 1 aliphatic carbocycles. The molecule has 5 rings (SSSR count). The number of carbonyl (C=O) groups is 3. The Labute approximate surface area is 205 Å². The fraction of sp³-hybridized carbons (Fsp3) is 0.345. The Morgan fingerprint density at radius 3 is 2.43 bits per heavy atom. The number of hydrogen-bond acceptors (Lipinski definition) is 3. The molecule has 1 heterocycles. The summed E-state index contributed by atoms with van der Waals surface area (Å²) in [6.45, 7) is 1.97. The first-order chi connectivity index (χ1) is 17.0. The third-order valence-electron chi connectivity index (χ3n) is 7.26. The smallest absolute Gasteiger partial charge is 0.259 e. The van der Waals surface area contributed by atoms with Crippen LogP contribution >= 0.6 is 0 Å². The van der Waals surface area contributed by atoms with Crippen LogP contribution < -0.4 is 10.2 Å². The number of hydrogen-bond donors (Lipinski definition) is 1. The van der Waals surface area contributed by atoms with Crippen LogP contribution in [0.3, 0.4) is 0 Å². The van der Waals surface area contributed by atoms with Crippen molar-refractivity contribution in [2.45, 2.75) is 57.7 Å². The maximum absolute atomic E-state index is 13.7. The zero-order valence-electron chi connectivity index (χ0n) is 20.1. The van der Waals surface area contributed by atoms with E-state index in [4.69, 9.17) is 0 Å². The first-order valence-corrected chi connectivity index (χ1v) is 12.5. The highest BCUT2D eigenvalue weighted by atomic mass is 16.2. The molecule has 3 aromatic carbocycles. The molecule has 1 N–H and O–H groups in total. The third-order valence-corrected chi connectivity index (χ3v) is 7.26. The van der Waals surface area contributed by atoms with Crippen LogP contribution in [0.1, 0.15) is 54.9 Å². The molecule has 1 aliphatic heterocycles. The van der Waals surface area contributed by atoms with Gasteiger partial charge in [-0.3, -0.25) is 19.3 Å². The van der Waals surface area contributed by atoms with E-state index in [1.165, 1.54) is 6.42 Å². The van der Waals surface area contributed by atoms with Crippen molar-refractivity contribution in [1.82, 2.24) is 10.2 Å². The van der Waals surface area contributed by atoms with Crippen molar-refractivity contribution in [3.63, 3.8) is 0 Å². The van der Waals surface area contributed by atoms with E-state index in [0.29, 0.717) is 12.1 Å². The van der Waals surface area contributed by atoms with Crippen LogP contribution in [0, 0.1) is 0 Å². The molecule has 0 bridgehead atoms. The Morgan fingerprint density at radius 2 is 1.69 bits per heavy atom. The lowest BCUT2D eigenvalue weighted by Gasteiger charge is -2.32. The van der Waals surface area contributed by atoms with Gasteiger partial charge in [-0.25, -0.2) is 0 Å². The molecule has 0 unspecified atom stereocenters. The summed E-state index contributed by atoms with van der Waals surface area (Å²) in [6, 6.07) is 20.6. The molecule has 1 saturated carbocycles. The standard InChI is InChI=1S/C29H31N3O3/c1-20(28(34)30-23-14-6-3-7-15-23)31(18-21-10-4-2-5-11-21)26(33)19-32-25-17-9-13-22-12-8-16-24(27(22)25)29(32)35/h2,4-5,8-13,16-17,20,23H,3,6-7,14-15,18-19H2,1H3,(H,30,34)/t20-/m1/s1. The van der Waals surface area contributed by atoms with Crippen LogP contribution in [-0.2, 0) is 16.1 Å². The van der Waals surface area contributed by atoms with Crippen molar-refractivity contribution < 1.29 is 14.4 Å². The van der Waals surface area contributed by atoms with E-state index in [-0.39, 0.29) is 30.3 Å². The maximum atomic E-state index is 13.7. The Morgan fingerprint density at radius 1 is 0.971 bits per heavy atom. The van der Waals surface area contributed by atoms with Gasteiger partial charge >= 0.3 is 0 Å². The van der Waals surface area contributed by atoms with Gasteiger partial charge in [0.15, 0.2) is 0 Å². The Hall–Kier alpha value is -3.67. The fourth-order valence-corrected chi connectivity index (χ4v) is 5.29. The molecule has 1 fully saturated rings. The Bertz CT molecular complexity index is 1250. The van der Waals surface area contributed by atoms with Gasteiger partial charge in [0.2, 0.25) is 11.8 Å². The Kier molecular flexibility index (Phi) is 6.53. The zero-order chi connectivity index (χ0) is 24.4. The molecule has 0 radical (unpaired) electrons. The summed E-state index contributed by atoms with van der Waals surface area (Å²) in [5.74, 6) is -0.568. The predicted molar refractivity (Wildman–Crippen MR) is 137 cm³/mol. The average molecular weight is 470 g/mol. The molecule has 6 nitrogen and oxygen atoms in total. The summed E-state index contributed by atoms with van der Waals surface area (Å²) in [5, 5.41) is 5.02. The molecule has 2 aliphatic rings. The van der Waals surface area contributed by atoms with Crippen molar-refractivity contribution in [2.75, 3.05) is 11.4 Å². The van der Waals surface area contributed by atoms with Crippen LogP contribution in [0.5, 0.6) is 0 Å². The molecule has 0 spiro atoms. The molecule has 35 heavy (non-hydrogen) atoms. The van der Waals surface area contributed by atoms with E-state index in [1.807, 2.05) is 60.7 Å². The molecule has 3 aromatic rings. The SMILES string of the molecule is C[C@H](C(=O)NC1CCCCC1)N(Cc1ccccc1)C(=O)CN1C(=O)c2cccc3cccc1c23. The van der Waals surface area contributed by atoms with Crippen molar-refractivity contribution in [1.29, 1.82) is 0 Å². The number of carbonyl (C=O) groups excluding carboxylic acids is 3. The number of nitrogens with zero attached hydrogens (tertiary/aromatic N) is 2. The molecule has 3 amide bonds. The highest BCUT2D eigenvalue weighted by Gasteiger charge is 2.34. The van der Waals surface area contributed by atoms with Crippen LogP contribution in [0.4, 0.5) is 5.69 Å². The second-order valence-electron chi connectivity index (χ2n) is 9.60. The van der Waals surface area contributed by atoms with E-state index < -0.39 is 6.04 Å². The van der Waals surface area contributed by atoms with E-state index in [0.717, 1.165) is 47.7 Å². The quantitative estimate of drug-likeness (QED) is 0.547. The van der Waals surface area contributed by atoms with Gasteiger partial charge in [-0.2, -0.15) is 0 Å². The summed E-state index contributed by atoms with van der Waals surface area (Å²) in [7, 11) is 0. The predicted octanol–water partition coefficient (Wildman–Crippen LogP) is 4.67. The number of rotatable bonds is 7. The largest absolute Gasteiger partial charge is 0.352 e. The highest BCUT2D eigenvalue weighted by Crippen LogP contribution is 2.37.